The van der Waals surface area contributed by atoms with Crippen LogP contribution in [0.15, 0.2) is 44.3 Å². The van der Waals surface area contributed by atoms with Gasteiger partial charge in [0.1, 0.15) is 0 Å². The van der Waals surface area contributed by atoms with E-state index in [-0.39, 0.29) is 11.7 Å². The van der Waals surface area contributed by atoms with Crippen LogP contribution >= 0.6 is 34.9 Å². The van der Waals surface area contributed by atoms with E-state index in [2.05, 4.69) is 37.8 Å². The standard InChI is InChI=1S/C14H13N5O2S3/c1-9-16-18-13(21-9)22-8-11(20)15-12-17-19-14(24-12)23-7-10-5-3-2-4-6-10/h2-6H,7-8H2,1H3,(H,15,17,20). The first-order chi connectivity index (χ1) is 11.7. The van der Waals surface area contributed by atoms with Gasteiger partial charge < -0.3 is 4.42 Å². The third kappa shape index (κ3) is 5.05. The lowest BCUT2D eigenvalue weighted by atomic mass is 10.2. The summed E-state index contributed by atoms with van der Waals surface area (Å²) in [5, 5.41) is 19.2. The molecule has 24 heavy (non-hydrogen) atoms. The summed E-state index contributed by atoms with van der Waals surface area (Å²) in [6, 6.07) is 10.1. The second kappa shape index (κ2) is 8.27. The molecule has 0 bridgehead atoms. The lowest BCUT2D eigenvalue weighted by Gasteiger charge is -1.98. The van der Waals surface area contributed by atoms with Crippen molar-refractivity contribution >= 4 is 45.9 Å². The number of aryl methyl sites for hydroxylation is 1. The lowest BCUT2D eigenvalue weighted by molar-refractivity contribution is -0.113. The number of rotatable bonds is 7. The minimum Gasteiger partial charge on any atom is -0.416 e. The van der Waals surface area contributed by atoms with Gasteiger partial charge in [0.25, 0.3) is 5.22 Å². The molecule has 124 valence electrons. The van der Waals surface area contributed by atoms with Crippen molar-refractivity contribution in [1.82, 2.24) is 20.4 Å². The van der Waals surface area contributed by atoms with Crippen LogP contribution in [0.4, 0.5) is 5.13 Å². The van der Waals surface area contributed by atoms with Crippen molar-refractivity contribution in [3.8, 4) is 0 Å². The number of hydrogen-bond acceptors (Lipinski definition) is 9. The van der Waals surface area contributed by atoms with Crippen molar-refractivity contribution in [2.75, 3.05) is 11.1 Å². The van der Waals surface area contributed by atoms with E-state index in [9.17, 15) is 4.79 Å². The molecule has 0 aliphatic carbocycles. The molecule has 1 amide bonds. The van der Waals surface area contributed by atoms with E-state index in [1.807, 2.05) is 18.2 Å². The Morgan fingerprint density at radius 1 is 1.17 bits per heavy atom. The molecule has 2 aromatic heterocycles. The van der Waals surface area contributed by atoms with Crippen LogP contribution in [-0.4, -0.2) is 32.1 Å². The van der Waals surface area contributed by atoms with Crippen LogP contribution in [0.5, 0.6) is 0 Å². The first kappa shape index (κ1) is 16.9. The first-order valence-electron chi connectivity index (χ1n) is 6.92. The molecule has 0 aliphatic heterocycles. The number of carbonyl (C=O) groups excluding carboxylic acids is 1. The van der Waals surface area contributed by atoms with Gasteiger partial charge in [-0.15, -0.1) is 20.4 Å². The molecule has 1 aromatic carbocycles. The van der Waals surface area contributed by atoms with Gasteiger partial charge in [0.15, 0.2) is 4.34 Å². The molecule has 0 saturated carbocycles. The summed E-state index contributed by atoms with van der Waals surface area (Å²) < 4.78 is 6.01. The Labute approximate surface area is 150 Å². The summed E-state index contributed by atoms with van der Waals surface area (Å²) in [5.74, 6) is 1.28. The molecule has 0 saturated heterocycles. The largest absolute Gasteiger partial charge is 0.416 e. The van der Waals surface area contributed by atoms with Crippen LogP contribution in [0.1, 0.15) is 11.5 Å². The Bertz CT molecular complexity index is 806. The molecule has 0 spiro atoms. The molecule has 2 heterocycles. The van der Waals surface area contributed by atoms with Crippen LogP contribution in [0.25, 0.3) is 0 Å². The van der Waals surface area contributed by atoms with Crippen LogP contribution in [0.3, 0.4) is 0 Å². The van der Waals surface area contributed by atoms with Gasteiger partial charge >= 0.3 is 0 Å². The smallest absolute Gasteiger partial charge is 0.277 e. The summed E-state index contributed by atoms with van der Waals surface area (Å²) in [5.41, 5.74) is 1.22. The molecular formula is C14H13N5O2S3. The number of carbonyl (C=O) groups is 1. The van der Waals surface area contributed by atoms with Crippen molar-refractivity contribution in [2.24, 2.45) is 0 Å². The van der Waals surface area contributed by atoms with E-state index >= 15 is 0 Å². The predicted octanol–water partition coefficient (Wildman–Crippen LogP) is 3.25. The highest BCUT2D eigenvalue weighted by molar-refractivity contribution is 8.00. The van der Waals surface area contributed by atoms with Gasteiger partial charge in [0, 0.05) is 12.7 Å². The normalized spacial score (nSPS) is 10.7. The minimum atomic E-state index is -0.188. The predicted molar refractivity (Wildman–Crippen MR) is 94.3 cm³/mol. The number of thioether (sulfide) groups is 2. The zero-order chi connectivity index (χ0) is 16.8. The van der Waals surface area contributed by atoms with Gasteiger partial charge in [-0.25, -0.2) is 0 Å². The number of benzene rings is 1. The summed E-state index contributed by atoms with van der Waals surface area (Å²) in [6.45, 7) is 1.70. The molecule has 0 fully saturated rings. The Balaban J connectivity index is 1.45. The summed E-state index contributed by atoms with van der Waals surface area (Å²) in [6.07, 6.45) is 0. The van der Waals surface area contributed by atoms with Crippen LogP contribution in [0, 0.1) is 6.92 Å². The average Bonchev–Trinajstić information content (AvgIpc) is 3.21. The van der Waals surface area contributed by atoms with Crippen molar-refractivity contribution in [3.05, 3.63) is 41.8 Å². The minimum absolute atomic E-state index is 0.174. The second-order valence-electron chi connectivity index (χ2n) is 4.57. The molecule has 3 aromatic rings. The number of hydrogen-bond donors (Lipinski definition) is 1. The van der Waals surface area contributed by atoms with Crippen LogP contribution in [-0.2, 0) is 10.5 Å². The zero-order valence-corrected chi connectivity index (χ0v) is 15.1. The van der Waals surface area contributed by atoms with Crippen molar-refractivity contribution in [2.45, 2.75) is 22.2 Å². The van der Waals surface area contributed by atoms with E-state index in [4.69, 9.17) is 4.42 Å². The molecule has 0 aliphatic rings. The fourth-order valence-corrected chi connectivity index (χ4v) is 3.99. The molecule has 1 N–H and O–H groups in total. The summed E-state index contributed by atoms with van der Waals surface area (Å²) in [4.78, 5) is 11.9. The molecule has 10 heteroatoms. The quantitative estimate of drug-likeness (QED) is 0.494. The topological polar surface area (TPSA) is 93.8 Å². The van der Waals surface area contributed by atoms with E-state index in [1.165, 1.54) is 28.7 Å². The van der Waals surface area contributed by atoms with Gasteiger partial charge in [0.05, 0.1) is 5.75 Å². The maximum absolute atomic E-state index is 11.9. The number of anilines is 1. The van der Waals surface area contributed by atoms with Gasteiger partial charge in [-0.05, 0) is 5.56 Å². The van der Waals surface area contributed by atoms with E-state index in [0.717, 1.165) is 10.1 Å². The van der Waals surface area contributed by atoms with Gasteiger partial charge in [-0.1, -0.05) is 65.2 Å². The molecule has 0 unspecified atom stereocenters. The Morgan fingerprint density at radius 3 is 2.75 bits per heavy atom. The highest BCUT2D eigenvalue weighted by Crippen LogP contribution is 2.28. The Hall–Kier alpha value is -1.91. The Kier molecular flexibility index (Phi) is 5.83. The zero-order valence-electron chi connectivity index (χ0n) is 12.6. The first-order valence-corrected chi connectivity index (χ1v) is 9.71. The number of nitrogens with one attached hydrogen (secondary N) is 1. The third-order valence-corrected chi connectivity index (χ3v) is 5.55. The van der Waals surface area contributed by atoms with E-state index in [0.29, 0.717) is 16.2 Å². The van der Waals surface area contributed by atoms with E-state index in [1.54, 1.807) is 18.7 Å². The number of nitrogens with zero attached hydrogens (tertiary/aromatic N) is 4. The van der Waals surface area contributed by atoms with Crippen molar-refractivity contribution in [1.29, 1.82) is 0 Å². The maximum atomic E-state index is 11.9. The Morgan fingerprint density at radius 2 is 2.00 bits per heavy atom. The average molecular weight is 379 g/mol. The van der Waals surface area contributed by atoms with Crippen molar-refractivity contribution in [3.63, 3.8) is 0 Å². The van der Waals surface area contributed by atoms with Gasteiger partial charge in [-0.3, -0.25) is 10.1 Å². The summed E-state index contributed by atoms with van der Waals surface area (Å²) in [7, 11) is 0. The lowest BCUT2D eigenvalue weighted by Crippen LogP contribution is -2.13. The fourth-order valence-electron chi connectivity index (χ4n) is 1.66. The third-order valence-electron chi connectivity index (χ3n) is 2.69. The van der Waals surface area contributed by atoms with Crippen LogP contribution < -0.4 is 5.32 Å². The highest BCUT2D eigenvalue weighted by Gasteiger charge is 2.11. The molecule has 3 rings (SSSR count). The van der Waals surface area contributed by atoms with Crippen LogP contribution in [0.2, 0.25) is 0 Å². The summed E-state index contributed by atoms with van der Waals surface area (Å²) >= 11 is 4.13. The number of amides is 1. The monoisotopic (exact) mass is 379 g/mol. The van der Waals surface area contributed by atoms with Gasteiger partial charge in [-0.2, -0.15) is 0 Å². The highest BCUT2D eigenvalue weighted by atomic mass is 32.2. The molecule has 0 radical (unpaired) electrons. The number of aromatic nitrogens is 4. The molecule has 0 atom stereocenters. The second-order valence-corrected chi connectivity index (χ2v) is 7.70. The van der Waals surface area contributed by atoms with Gasteiger partial charge in [0.2, 0.25) is 16.9 Å². The fraction of sp³-hybridized carbons (Fsp3) is 0.214. The maximum Gasteiger partial charge on any atom is 0.277 e. The van der Waals surface area contributed by atoms with Crippen molar-refractivity contribution < 1.29 is 9.21 Å². The molecule has 7 nitrogen and oxygen atoms in total. The SMILES string of the molecule is Cc1nnc(SCC(=O)Nc2nnc(SCc3ccccc3)s2)o1. The molecular weight excluding hydrogens is 366 g/mol. The van der Waals surface area contributed by atoms with E-state index < -0.39 is 0 Å².